The molecule has 2 aromatic rings. The van der Waals surface area contributed by atoms with E-state index in [1.807, 2.05) is 0 Å². The minimum atomic E-state index is -1.22. The third kappa shape index (κ3) is 2.44. The van der Waals surface area contributed by atoms with Gasteiger partial charge >= 0.3 is 5.97 Å². The fraction of sp³-hybridized carbons (Fsp3) is 0.0909. The molecule has 0 aliphatic heterocycles. The Labute approximate surface area is 102 Å². The van der Waals surface area contributed by atoms with E-state index in [-0.39, 0.29) is 11.6 Å². The summed E-state index contributed by atoms with van der Waals surface area (Å²) in [7, 11) is 0. The molecule has 0 radical (unpaired) electrons. The molecule has 0 amide bonds. The maximum absolute atomic E-state index is 10.8. The van der Waals surface area contributed by atoms with Crippen molar-refractivity contribution in [1.82, 2.24) is 20.4 Å². The molecule has 0 aliphatic carbocycles. The number of H-pyrrole nitrogens is 1. The second kappa shape index (κ2) is 4.97. The van der Waals surface area contributed by atoms with Crippen LogP contribution in [0.1, 0.15) is 23.1 Å². The monoisotopic (exact) mass is 244 g/mol. The van der Waals surface area contributed by atoms with Crippen LogP contribution in [0.25, 0.3) is 0 Å². The highest BCUT2D eigenvalue weighted by molar-refractivity contribution is 5.87. The lowest BCUT2D eigenvalue weighted by molar-refractivity contribution is 0.0687. The SMILES string of the molecule is CC#Cc1cc(Oc2[nH]nnc2C(=O)O)ccn1. The number of nitrogens with one attached hydrogen (secondary N) is 1. The molecule has 0 aliphatic rings. The summed E-state index contributed by atoms with van der Waals surface area (Å²) < 4.78 is 5.33. The average Bonchev–Trinajstić information content (AvgIpc) is 2.78. The Balaban J connectivity index is 2.27. The average molecular weight is 244 g/mol. The van der Waals surface area contributed by atoms with Gasteiger partial charge in [0.15, 0.2) is 0 Å². The van der Waals surface area contributed by atoms with Crippen LogP contribution in [0.4, 0.5) is 0 Å². The summed E-state index contributed by atoms with van der Waals surface area (Å²) in [5.41, 5.74) is 0.245. The highest BCUT2D eigenvalue weighted by atomic mass is 16.5. The minimum absolute atomic E-state index is 0.0379. The number of carboxylic acid groups (broad SMARTS) is 1. The highest BCUT2D eigenvalue weighted by Gasteiger charge is 2.16. The second-order valence-electron chi connectivity index (χ2n) is 3.15. The van der Waals surface area contributed by atoms with Crippen LogP contribution < -0.4 is 4.74 Å². The van der Waals surface area contributed by atoms with Gasteiger partial charge in [0.1, 0.15) is 11.4 Å². The van der Waals surface area contributed by atoms with E-state index in [0.29, 0.717) is 11.4 Å². The van der Waals surface area contributed by atoms with Crippen LogP contribution in [-0.4, -0.2) is 31.5 Å². The molecule has 18 heavy (non-hydrogen) atoms. The van der Waals surface area contributed by atoms with Gasteiger partial charge in [0, 0.05) is 12.3 Å². The molecule has 0 unspecified atom stereocenters. The van der Waals surface area contributed by atoms with E-state index in [1.54, 1.807) is 19.1 Å². The summed E-state index contributed by atoms with van der Waals surface area (Å²) in [4.78, 5) is 14.8. The van der Waals surface area contributed by atoms with E-state index < -0.39 is 5.97 Å². The molecule has 0 saturated heterocycles. The Morgan fingerprint density at radius 1 is 1.56 bits per heavy atom. The molecule has 2 rings (SSSR count). The molecule has 0 aromatic carbocycles. The number of pyridine rings is 1. The molecular formula is C11H8N4O3. The van der Waals surface area contributed by atoms with E-state index in [0.717, 1.165) is 0 Å². The number of aromatic amines is 1. The van der Waals surface area contributed by atoms with Gasteiger partial charge in [0.05, 0.1) is 0 Å². The Morgan fingerprint density at radius 3 is 3.11 bits per heavy atom. The van der Waals surface area contributed by atoms with Crippen molar-refractivity contribution in [2.45, 2.75) is 6.92 Å². The zero-order valence-electron chi connectivity index (χ0n) is 9.34. The fourth-order valence-electron chi connectivity index (χ4n) is 1.22. The summed E-state index contributed by atoms with van der Waals surface area (Å²) in [6.07, 6.45) is 1.51. The van der Waals surface area contributed by atoms with Crippen molar-refractivity contribution >= 4 is 5.97 Å². The lowest BCUT2D eigenvalue weighted by Crippen LogP contribution is -1.99. The van der Waals surface area contributed by atoms with Crippen molar-refractivity contribution in [3.05, 3.63) is 29.7 Å². The zero-order valence-corrected chi connectivity index (χ0v) is 9.34. The largest absolute Gasteiger partial charge is 0.476 e. The topological polar surface area (TPSA) is 101 Å². The molecular weight excluding hydrogens is 236 g/mol. The van der Waals surface area contributed by atoms with Gasteiger partial charge in [-0.1, -0.05) is 11.1 Å². The van der Waals surface area contributed by atoms with Gasteiger partial charge < -0.3 is 9.84 Å². The van der Waals surface area contributed by atoms with Crippen molar-refractivity contribution in [3.8, 4) is 23.5 Å². The minimum Gasteiger partial charge on any atom is -0.476 e. The van der Waals surface area contributed by atoms with Crippen LogP contribution >= 0.6 is 0 Å². The van der Waals surface area contributed by atoms with Gasteiger partial charge in [-0.05, 0) is 18.9 Å². The van der Waals surface area contributed by atoms with Crippen molar-refractivity contribution in [3.63, 3.8) is 0 Å². The van der Waals surface area contributed by atoms with Crippen molar-refractivity contribution in [1.29, 1.82) is 0 Å². The third-order valence-corrected chi connectivity index (χ3v) is 1.92. The molecule has 0 bridgehead atoms. The summed E-state index contributed by atoms with van der Waals surface area (Å²) in [5.74, 6) is 4.61. The summed E-state index contributed by atoms with van der Waals surface area (Å²) >= 11 is 0. The van der Waals surface area contributed by atoms with Crippen LogP contribution in [0, 0.1) is 11.8 Å². The summed E-state index contributed by atoms with van der Waals surface area (Å²) in [6.45, 7) is 1.69. The van der Waals surface area contributed by atoms with Gasteiger partial charge in [-0.3, -0.25) is 0 Å². The molecule has 0 atom stereocenters. The molecule has 2 aromatic heterocycles. The van der Waals surface area contributed by atoms with Gasteiger partial charge in [0.2, 0.25) is 5.69 Å². The van der Waals surface area contributed by atoms with E-state index in [2.05, 4.69) is 32.2 Å². The first-order valence-electron chi connectivity index (χ1n) is 4.91. The molecule has 7 heteroatoms. The Morgan fingerprint density at radius 2 is 2.39 bits per heavy atom. The molecule has 7 nitrogen and oxygen atoms in total. The van der Waals surface area contributed by atoms with E-state index in [4.69, 9.17) is 9.84 Å². The predicted octanol–water partition coefficient (Wildman–Crippen LogP) is 1.06. The number of hydrogen-bond acceptors (Lipinski definition) is 5. The Hall–Kier alpha value is -2.88. The number of carboxylic acids is 1. The quantitative estimate of drug-likeness (QED) is 0.783. The maximum Gasteiger partial charge on any atom is 0.362 e. The molecule has 0 spiro atoms. The van der Waals surface area contributed by atoms with Crippen LogP contribution in [-0.2, 0) is 0 Å². The summed E-state index contributed by atoms with van der Waals surface area (Å²) in [6, 6.07) is 3.16. The molecule has 2 heterocycles. The van der Waals surface area contributed by atoms with Crippen LogP contribution in [0.2, 0.25) is 0 Å². The predicted molar refractivity (Wildman–Crippen MR) is 60.2 cm³/mol. The number of hydrogen-bond donors (Lipinski definition) is 2. The summed E-state index contributed by atoms with van der Waals surface area (Å²) in [5, 5.41) is 18.0. The molecule has 0 saturated carbocycles. The van der Waals surface area contributed by atoms with E-state index in [9.17, 15) is 4.79 Å². The smallest absolute Gasteiger partial charge is 0.362 e. The van der Waals surface area contributed by atoms with Crippen LogP contribution in [0.3, 0.4) is 0 Å². The van der Waals surface area contributed by atoms with Gasteiger partial charge in [-0.25, -0.2) is 14.9 Å². The second-order valence-corrected chi connectivity index (χ2v) is 3.15. The van der Waals surface area contributed by atoms with Crippen molar-refractivity contribution in [2.24, 2.45) is 0 Å². The van der Waals surface area contributed by atoms with E-state index >= 15 is 0 Å². The highest BCUT2D eigenvalue weighted by Crippen LogP contribution is 2.21. The number of aromatic nitrogens is 4. The number of aromatic carboxylic acids is 1. The van der Waals surface area contributed by atoms with Gasteiger partial charge in [-0.2, -0.15) is 0 Å². The standard InChI is InChI=1S/C11H8N4O3/c1-2-3-7-6-8(4-5-12-7)18-10-9(11(16)17)13-15-14-10/h4-6H,1H3,(H,16,17)(H,13,14,15). The van der Waals surface area contributed by atoms with Crippen molar-refractivity contribution in [2.75, 3.05) is 0 Å². The lowest BCUT2D eigenvalue weighted by atomic mass is 10.3. The molecule has 0 fully saturated rings. The fourth-order valence-corrected chi connectivity index (χ4v) is 1.22. The normalized spacial score (nSPS) is 9.39. The zero-order chi connectivity index (χ0) is 13.0. The molecule has 2 N–H and O–H groups in total. The first-order valence-corrected chi connectivity index (χ1v) is 4.91. The first-order chi connectivity index (χ1) is 8.70. The number of rotatable bonds is 3. The third-order valence-electron chi connectivity index (χ3n) is 1.92. The number of ether oxygens (including phenoxy) is 1. The first kappa shape index (κ1) is 11.6. The van der Waals surface area contributed by atoms with Crippen LogP contribution in [0.15, 0.2) is 18.3 Å². The van der Waals surface area contributed by atoms with Crippen molar-refractivity contribution < 1.29 is 14.6 Å². The maximum atomic E-state index is 10.8. The lowest BCUT2D eigenvalue weighted by Gasteiger charge is -2.02. The number of nitrogens with zero attached hydrogens (tertiary/aromatic N) is 3. The Bertz CT molecular complexity index is 639. The number of carbonyl (C=O) groups is 1. The van der Waals surface area contributed by atoms with Gasteiger partial charge in [0.25, 0.3) is 5.88 Å². The Kier molecular flexibility index (Phi) is 3.20. The van der Waals surface area contributed by atoms with Crippen LogP contribution in [0.5, 0.6) is 11.6 Å². The van der Waals surface area contributed by atoms with Gasteiger partial charge in [-0.15, -0.1) is 5.10 Å². The molecule has 90 valence electrons. The van der Waals surface area contributed by atoms with E-state index in [1.165, 1.54) is 6.20 Å².